The molecule has 1 aromatic heterocycles. The third-order valence-corrected chi connectivity index (χ3v) is 6.29. The molecule has 7 heteroatoms. The van der Waals surface area contributed by atoms with Crippen molar-refractivity contribution in [1.82, 2.24) is 10.3 Å². The Morgan fingerprint density at radius 2 is 1.57 bits per heavy atom. The molecule has 0 bridgehead atoms. The molecule has 0 radical (unpaired) electrons. The van der Waals surface area contributed by atoms with E-state index in [9.17, 15) is 9.59 Å². The Morgan fingerprint density at radius 1 is 0.914 bits per heavy atom. The van der Waals surface area contributed by atoms with Gasteiger partial charge in [0.2, 0.25) is 5.91 Å². The van der Waals surface area contributed by atoms with Crippen LogP contribution in [0, 0.1) is 0 Å². The highest BCUT2D eigenvalue weighted by atomic mass is 16.5. The molecule has 2 amide bonds. The molecule has 1 aliphatic rings. The van der Waals surface area contributed by atoms with Crippen LogP contribution in [0.15, 0.2) is 72.9 Å². The van der Waals surface area contributed by atoms with Crippen molar-refractivity contribution in [3.63, 3.8) is 0 Å². The maximum Gasteiger partial charge on any atom is 0.277 e. The minimum absolute atomic E-state index is 0.0918. The number of benzene rings is 2. The van der Waals surface area contributed by atoms with Crippen LogP contribution in [0.3, 0.4) is 0 Å². The summed E-state index contributed by atoms with van der Waals surface area (Å²) in [6.07, 6.45) is 6.80. The second-order valence-corrected chi connectivity index (χ2v) is 8.62. The van der Waals surface area contributed by atoms with Crippen LogP contribution in [0.25, 0.3) is 0 Å². The van der Waals surface area contributed by atoms with Crippen molar-refractivity contribution in [1.29, 1.82) is 0 Å². The fraction of sp³-hybridized carbons (Fsp3) is 0.321. The van der Waals surface area contributed by atoms with Gasteiger partial charge in [0, 0.05) is 30.4 Å². The number of pyridine rings is 1. The van der Waals surface area contributed by atoms with E-state index < -0.39 is 11.9 Å². The standard InChI is InChI=1S/C28H31N3O4/c1-34-23-17-22(18-24(19-23)35-2)31(28(33)25-15-9-10-16-29-25)26(20-11-5-3-6-12-20)27(32)30-21-13-7-4-8-14-21/h3,5-6,9-12,15-19,21,26H,4,7-8,13-14H2,1-2H3,(H,30,32). The highest BCUT2D eigenvalue weighted by Crippen LogP contribution is 2.35. The number of aromatic nitrogens is 1. The maximum atomic E-state index is 14.0. The summed E-state index contributed by atoms with van der Waals surface area (Å²) in [6.45, 7) is 0. The fourth-order valence-corrected chi connectivity index (χ4v) is 4.51. The van der Waals surface area contributed by atoms with E-state index in [0.29, 0.717) is 22.7 Å². The van der Waals surface area contributed by atoms with Gasteiger partial charge in [-0.1, -0.05) is 55.7 Å². The normalized spacial score (nSPS) is 14.6. The molecule has 1 fully saturated rings. The quantitative estimate of drug-likeness (QED) is 0.501. The molecule has 1 saturated carbocycles. The van der Waals surface area contributed by atoms with Gasteiger partial charge in [0.25, 0.3) is 5.91 Å². The molecule has 0 aliphatic heterocycles. The number of nitrogens with one attached hydrogen (secondary N) is 1. The molecule has 2 aromatic carbocycles. The number of methoxy groups -OCH3 is 2. The van der Waals surface area contributed by atoms with Crippen LogP contribution in [0.4, 0.5) is 5.69 Å². The van der Waals surface area contributed by atoms with Crippen molar-refractivity contribution in [2.45, 2.75) is 44.2 Å². The number of ether oxygens (including phenoxy) is 2. The first-order chi connectivity index (χ1) is 17.1. The molecule has 7 nitrogen and oxygen atoms in total. The molecule has 182 valence electrons. The molecule has 1 heterocycles. The topological polar surface area (TPSA) is 80.8 Å². The zero-order valence-corrected chi connectivity index (χ0v) is 20.1. The number of carbonyl (C=O) groups is 2. The summed E-state index contributed by atoms with van der Waals surface area (Å²) in [5.41, 5.74) is 1.41. The van der Waals surface area contributed by atoms with Crippen molar-refractivity contribution in [2.24, 2.45) is 0 Å². The van der Waals surface area contributed by atoms with Crippen LogP contribution in [0.5, 0.6) is 11.5 Å². The number of hydrogen-bond acceptors (Lipinski definition) is 5. The molecular weight excluding hydrogens is 442 g/mol. The average molecular weight is 474 g/mol. The Kier molecular flexibility index (Phi) is 7.98. The number of nitrogens with zero attached hydrogens (tertiary/aromatic N) is 2. The van der Waals surface area contributed by atoms with E-state index in [4.69, 9.17) is 9.47 Å². The SMILES string of the molecule is COc1cc(OC)cc(N(C(=O)c2ccccn2)C(C(=O)NC2CCCCC2)c2ccccc2)c1. The first kappa shape index (κ1) is 24.3. The van der Waals surface area contributed by atoms with Crippen LogP contribution in [0.1, 0.15) is 54.2 Å². The Balaban J connectivity index is 1.84. The smallest absolute Gasteiger partial charge is 0.277 e. The molecular formula is C28H31N3O4. The van der Waals surface area contributed by atoms with E-state index in [1.807, 2.05) is 30.3 Å². The van der Waals surface area contributed by atoms with Gasteiger partial charge in [-0.3, -0.25) is 19.5 Å². The molecule has 4 rings (SSSR count). The Morgan fingerprint density at radius 3 is 2.17 bits per heavy atom. The van der Waals surface area contributed by atoms with Gasteiger partial charge in [0.05, 0.1) is 19.9 Å². The van der Waals surface area contributed by atoms with Gasteiger partial charge in [-0.05, 0) is 30.5 Å². The second kappa shape index (κ2) is 11.5. The molecule has 0 saturated heterocycles. The summed E-state index contributed by atoms with van der Waals surface area (Å²) in [4.78, 5) is 33.6. The Hall–Kier alpha value is -3.87. The summed E-state index contributed by atoms with van der Waals surface area (Å²) < 4.78 is 10.9. The third-order valence-electron chi connectivity index (χ3n) is 6.29. The lowest BCUT2D eigenvalue weighted by Crippen LogP contribution is -2.47. The van der Waals surface area contributed by atoms with Gasteiger partial charge in [0.1, 0.15) is 23.2 Å². The Labute approximate surface area is 206 Å². The van der Waals surface area contributed by atoms with E-state index in [2.05, 4.69) is 10.3 Å². The van der Waals surface area contributed by atoms with E-state index in [1.54, 1.807) is 56.8 Å². The van der Waals surface area contributed by atoms with Crippen LogP contribution >= 0.6 is 0 Å². The summed E-state index contributed by atoms with van der Waals surface area (Å²) in [5, 5.41) is 3.22. The molecule has 3 aromatic rings. The van der Waals surface area contributed by atoms with E-state index in [0.717, 1.165) is 25.7 Å². The van der Waals surface area contributed by atoms with Gasteiger partial charge >= 0.3 is 0 Å². The van der Waals surface area contributed by atoms with Gasteiger partial charge in [-0.15, -0.1) is 0 Å². The zero-order valence-electron chi connectivity index (χ0n) is 20.1. The van der Waals surface area contributed by atoms with Crippen molar-refractivity contribution in [3.05, 3.63) is 84.2 Å². The number of anilines is 1. The third kappa shape index (κ3) is 5.80. The summed E-state index contributed by atoms with van der Waals surface area (Å²) >= 11 is 0. The van der Waals surface area contributed by atoms with Crippen molar-refractivity contribution < 1.29 is 19.1 Å². The van der Waals surface area contributed by atoms with Crippen molar-refractivity contribution in [2.75, 3.05) is 19.1 Å². The molecule has 1 N–H and O–H groups in total. The predicted molar refractivity (Wildman–Crippen MR) is 135 cm³/mol. The molecule has 1 atom stereocenters. The molecule has 1 unspecified atom stereocenters. The van der Waals surface area contributed by atoms with Gasteiger partial charge < -0.3 is 14.8 Å². The minimum Gasteiger partial charge on any atom is -0.497 e. The lowest BCUT2D eigenvalue weighted by atomic mass is 9.94. The molecule has 35 heavy (non-hydrogen) atoms. The number of amides is 2. The van der Waals surface area contributed by atoms with Gasteiger partial charge in [-0.2, -0.15) is 0 Å². The van der Waals surface area contributed by atoms with Crippen molar-refractivity contribution >= 4 is 17.5 Å². The van der Waals surface area contributed by atoms with E-state index in [1.165, 1.54) is 11.3 Å². The highest BCUT2D eigenvalue weighted by Gasteiger charge is 2.35. The first-order valence-electron chi connectivity index (χ1n) is 11.9. The zero-order chi connectivity index (χ0) is 24.6. The summed E-state index contributed by atoms with van der Waals surface area (Å²) in [7, 11) is 3.10. The molecule has 1 aliphatic carbocycles. The number of carbonyl (C=O) groups excluding carboxylic acids is 2. The largest absolute Gasteiger partial charge is 0.497 e. The summed E-state index contributed by atoms with van der Waals surface area (Å²) in [6, 6.07) is 18.9. The van der Waals surface area contributed by atoms with Crippen LogP contribution in [-0.4, -0.2) is 37.1 Å². The van der Waals surface area contributed by atoms with E-state index >= 15 is 0 Å². The van der Waals surface area contributed by atoms with Crippen LogP contribution in [0.2, 0.25) is 0 Å². The second-order valence-electron chi connectivity index (χ2n) is 8.62. The summed E-state index contributed by atoms with van der Waals surface area (Å²) in [5.74, 6) is 0.401. The van der Waals surface area contributed by atoms with E-state index in [-0.39, 0.29) is 17.6 Å². The Bertz CT molecular complexity index is 1110. The lowest BCUT2D eigenvalue weighted by Gasteiger charge is -2.33. The van der Waals surface area contributed by atoms with Gasteiger partial charge in [0.15, 0.2) is 0 Å². The fourth-order valence-electron chi connectivity index (χ4n) is 4.51. The molecule has 0 spiro atoms. The maximum absolute atomic E-state index is 14.0. The number of rotatable bonds is 8. The van der Waals surface area contributed by atoms with Crippen molar-refractivity contribution in [3.8, 4) is 11.5 Å². The van der Waals surface area contributed by atoms with Crippen LogP contribution < -0.4 is 19.7 Å². The van der Waals surface area contributed by atoms with Crippen LogP contribution in [-0.2, 0) is 4.79 Å². The highest BCUT2D eigenvalue weighted by molar-refractivity contribution is 6.09. The predicted octanol–water partition coefficient (Wildman–Crippen LogP) is 4.94. The van der Waals surface area contributed by atoms with Gasteiger partial charge in [-0.25, -0.2) is 0 Å². The average Bonchev–Trinajstić information content (AvgIpc) is 2.92. The number of hydrogen-bond donors (Lipinski definition) is 1. The minimum atomic E-state index is -0.913. The lowest BCUT2D eigenvalue weighted by molar-refractivity contribution is -0.123. The first-order valence-corrected chi connectivity index (χ1v) is 11.9. The monoisotopic (exact) mass is 473 g/mol.